The van der Waals surface area contributed by atoms with Crippen LogP contribution in [0.15, 0.2) is 54.6 Å². The van der Waals surface area contributed by atoms with E-state index < -0.39 is 0 Å². The zero-order chi connectivity index (χ0) is 21.8. The molecule has 0 saturated heterocycles. The minimum Gasteiger partial charge on any atom is -0.352 e. The highest BCUT2D eigenvalue weighted by Crippen LogP contribution is 2.19. The van der Waals surface area contributed by atoms with E-state index >= 15 is 0 Å². The highest BCUT2D eigenvalue weighted by molar-refractivity contribution is 5.95. The molecule has 3 aromatic rings. The topological polar surface area (TPSA) is 88.0 Å². The van der Waals surface area contributed by atoms with Crippen molar-refractivity contribution in [3.8, 4) is 5.69 Å². The summed E-state index contributed by atoms with van der Waals surface area (Å²) in [7, 11) is 0. The number of nitrogens with zero attached hydrogens (tertiary/aromatic N) is 2. The quantitative estimate of drug-likeness (QED) is 0.547. The lowest BCUT2D eigenvalue weighted by Gasteiger charge is -2.09. The Morgan fingerprint density at radius 1 is 1.03 bits per heavy atom. The van der Waals surface area contributed by atoms with Crippen LogP contribution in [0, 0.1) is 13.8 Å². The van der Waals surface area contributed by atoms with Crippen molar-refractivity contribution < 1.29 is 9.59 Å². The summed E-state index contributed by atoms with van der Waals surface area (Å²) in [5.74, 6) is -0.131. The molecule has 3 N–H and O–H groups in total. The molecule has 1 saturated carbocycles. The molecule has 160 valence electrons. The lowest BCUT2D eigenvalue weighted by molar-refractivity contribution is 0.0954. The van der Waals surface area contributed by atoms with E-state index in [0.29, 0.717) is 23.8 Å². The molecule has 1 aliphatic rings. The van der Waals surface area contributed by atoms with Crippen LogP contribution < -0.4 is 16.0 Å². The van der Waals surface area contributed by atoms with Crippen LogP contribution in [-0.2, 0) is 6.42 Å². The molecule has 1 aromatic heterocycles. The molecule has 7 heteroatoms. The van der Waals surface area contributed by atoms with Crippen molar-refractivity contribution in [1.29, 1.82) is 0 Å². The fraction of sp³-hybridized carbons (Fsp3) is 0.292. The maximum atomic E-state index is 12.4. The average Bonchev–Trinajstić information content (AvgIpc) is 3.50. The van der Waals surface area contributed by atoms with Gasteiger partial charge in [0.25, 0.3) is 5.91 Å². The highest BCUT2D eigenvalue weighted by Gasteiger charge is 2.23. The predicted molar refractivity (Wildman–Crippen MR) is 121 cm³/mol. The number of carbonyl (C=O) groups is 2. The number of hydrogen-bond donors (Lipinski definition) is 3. The molecule has 1 fully saturated rings. The molecule has 3 amide bonds. The van der Waals surface area contributed by atoms with Gasteiger partial charge in [-0.3, -0.25) is 4.79 Å². The molecule has 31 heavy (non-hydrogen) atoms. The van der Waals surface area contributed by atoms with Gasteiger partial charge in [-0.15, -0.1) is 0 Å². The summed E-state index contributed by atoms with van der Waals surface area (Å²) < 4.78 is 1.93. The standard InChI is InChI=1S/C24H27N5O2/c1-16-15-17(2)29(28-16)22-11-3-18(4-12-22)13-14-25-23(30)19-5-7-20(8-6-19)26-24(31)27-21-9-10-21/h3-8,11-12,15,21H,9-10,13-14H2,1-2H3,(H,25,30)(H2,26,27,31). The van der Waals surface area contributed by atoms with Crippen molar-refractivity contribution in [2.75, 3.05) is 11.9 Å². The van der Waals surface area contributed by atoms with Gasteiger partial charge in [-0.2, -0.15) is 5.10 Å². The maximum absolute atomic E-state index is 12.4. The monoisotopic (exact) mass is 417 g/mol. The smallest absolute Gasteiger partial charge is 0.319 e. The Balaban J connectivity index is 1.25. The zero-order valence-corrected chi connectivity index (χ0v) is 17.8. The summed E-state index contributed by atoms with van der Waals surface area (Å²) in [5.41, 5.74) is 5.49. The summed E-state index contributed by atoms with van der Waals surface area (Å²) in [5, 5.41) is 13.1. The van der Waals surface area contributed by atoms with Gasteiger partial charge in [0.2, 0.25) is 0 Å². The number of benzene rings is 2. The molecule has 0 atom stereocenters. The Hall–Kier alpha value is -3.61. The number of nitrogens with one attached hydrogen (secondary N) is 3. The van der Waals surface area contributed by atoms with Gasteiger partial charge in [0, 0.05) is 29.5 Å². The van der Waals surface area contributed by atoms with Crippen LogP contribution in [0.4, 0.5) is 10.5 Å². The zero-order valence-electron chi connectivity index (χ0n) is 17.8. The second-order valence-corrected chi connectivity index (χ2v) is 7.96. The van der Waals surface area contributed by atoms with E-state index in [4.69, 9.17) is 0 Å². The van der Waals surface area contributed by atoms with Gasteiger partial charge >= 0.3 is 6.03 Å². The lowest BCUT2D eigenvalue weighted by Crippen LogP contribution is -2.30. The average molecular weight is 418 g/mol. The molecule has 0 unspecified atom stereocenters. The van der Waals surface area contributed by atoms with E-state index in [1.807, 2.05) is 30.7 Å². The largest absolute Gasteiger partial charge is 0.352 e. The second kappa shape index (κ2) is 9.04. The normalized spacial score (nSPS) is 13.0. The number of anilines is 1. The molecular weight excluding hydrogens is 390 g/mol. The van der Waals surface area contributed by atoms with E-state index in [2.05, 4.69) is 39.2 Å². The number of aromatic nitrogens is 2. The van der Waals surface area contributed by atoms with E-state index in [9.17, 15) is 9.59 Å². The van der Waals surface area contributed by atoms with Crippen molar-refractivity contribution in [2.24, 2.45) is 0 Å². The van der Waals surface area contributed by atoms with Crippen molar-refractivity contribution in [2.45, 2.75) is 39.2 Å². The van der Waals surface area contributed by atoms with Crippen LogP contribution in [0.25, 0.3) is 5.69 Å². The molecule has 7 nitrogen and oxygen atoms in total. The van der Waals surface area contributed by atoms with Gasteiger partial charge in [-0.1, -0.05) is 12.1 Å². The number of aryl methyl sites for hydroxylation is 2. The van der Waals surface area contributed by atoms with Crippen LogP contribution in [0.5, 0.6) is 0 Å². The van der Waals surface area contributed by atoms with Crippen LogP contribution >= 0.6 is 0 Å². The summed E-state index contributed by atoms with van der Waals surface area (Å²) >= 11 is 0. The summed E-state index contributed by atoms with van der Waals surface area (Å²) in [4.78, 5) is 24.1. The number of rotatable bonds is 7. The fourth-order valence-electron chi connectivity index (χ4n) is 3.40. The third-order valence-electron chi connectivity index (χ3n) is 5.21. The maximum Gasteiger partial charge on any atom is 0.319 e. The van der Waals surface area contributed by atoms with Crippen molar-refractivity contribution in [3.05, 3.63) is 77.1 Å². The molecule has 1 aliphatic carbocycles. The third-order valence-corrected chi connectivity index (χ3v) is 5.21. The minimum absolute atomic E-state index is 0.131. The van der Waals surface area contributed by atoms with Crippen LogP contribution in [-0.4, -0.2) is 34.3 Å². The van der Waals surface area contributed by atoms with Crippen molar-refractivity contribution >= 4 is 17.6 Å². The summed E-state index contributed by atoms with van der Waals surface area (Å²) in [6.07, 6.45) is 2.82. The first-order chi connectivity index (χ1) is 15.0. The Kier molecular flexibility index (Phi) is 6.02. The van der Waals surface area contributed by atoms with Crippen LogP contribution in [0.3, 0.4) is 0 Å². The van der Waals surface area contributed by atoms with Crippen LogP contribution in [0.2, 0.25) is 0 Å². The lowest BCUT2D eigenvalue weighted by atomic mass is 10.1. The van der Waals surface area contributed by atoms with Gasteiger partial charge < -0.3 is 16.0 Å². The molecule has 0 radical (unpaired) electrons. The van der Waals surface area contributed by atoms with E-state index in [0.717, 1.165) is 41.9 Å². The molecule has 0 bridgehead atoms. The molecule has 0 spiro atoms. The fourth-order valence-corrected chi connectivity index (χ4v) is 3.40. The Labute approximate surface area is 181 Å². The van der Waals surface area contributed by atoms with E-state index in [1.165, 1.54) is 0 Å². The van der Waals surface area contributed by atoms with Crippen molar-refractivity contribution in [3.63, 3.8) is 0 Å². The first kappa shape index (κ1) is 20.7. The predicted octanol–water partition coefficient (Wildman–Crippen LogP) is 3.75. The van der Waals surface area contributed by atoms with E-state index in [-0.39, 0.29) is 11.9 Å². The Morgan fingerprint density at radius 3 is 2.35 bits per heavy atom. The molecular formula is C24H27N5O2. The number of carbonyl (C=O) groups excluding carboxylic acids is 2. The Morgan fingerprint density at radius 2 is 1.74 bits per heavy atom. The summed E-state index contributed by atoms with van der Waals surface area (Å²) in [6.45, 7) is 4.56. The van der Waals surface area contributed by atoms with Gasteiger partial charge in [-0.25, -0.2) is 9.48 Å². The number of hydrogen-bond acceptors (Lipinski definition) is 3. The Bertz CT molecular complexity index is 1070. The molecule has 0 aliphatic heterocycles. The van der Waals surface area contributed by atoms with Crippen LogP contribution in [0.1, 0.15) is 40.2 Å². The minimum atomic E-state index is -0.205. The molecule has 4 rings (SSSR count). The first-order valence-corrected chi connectivity index (χ1v) is 10.6. The van der Waals surface area contributed by atoms with Gasteiger partial charge in [0.05, 0.1) is 11.4 Å². The second-order valence-electron chi connectivity index (χ2n) is 7.96. The van der Waals surface area contributed by atoms with Gasteiger partial charge in [0.1, 0.15) is 0 Å². The third kappa shape index (κ3) is 5.51. The van der Waals surface area contributed by atoms with Gasteiger partial charge in [0.15, 0.2) is 0 Å². The summed E-state index contributed by atoms with van der Waals surface area (Å²) in [6, 6.07) is 17.3. The molecule has 1 heterocycles. The number of urea groups is 1. The first-order valence-electron chi connectivity index (χ1n) is 10.6. The SMILES string of the molecule is Cc1cc(C)n(-c2ccc(CCNC(=O)c3ccc(NC(=O)NC4CC4)cc3)cc2)n1. The van der Waals surface area contributed by atoms with E-state index in [1.54, 1.807) is 24.3 Å². The number of amides is 3. The highest BCUT2D eigenvalue weighted by atomic mass is 16.2. The van der Waals surface area contributed by atoms with Gasteiger partial charge in [-0.05, 0) is 81.1 Å². The van der Waals surface area contributed by atoms with Crippen molar-refractivity contribution in [1.82, 2.24) is 20.4 Å². The molecule has 2 aromatic carbocycles.